The average molecular weight is 452 g/mol. The van der Waals surface area contributed by atoms with Gasteiger partial charge in [0.1, 0.15) is 6.54 Å². The van der Waals surface area contributed by atoms with Crippen molar-refractivity contribution in [3.05, 3.63) is 95.6 Å². The summed E-state index contributed by atoms with van der Waals surface area (Å²) >= 11 is 0. The zero-order chi connectivity index (χ0) is 23.8. The van der Waals surface area contributed by atoms with Crippen molar-refractivity contribution in [2.75, 3.05) is 19.6 Å². The van der Waals surface area contributed by atoms with E-state index in [0.29, 0.717) is 18.7 Å². The zero-order valence-corrected chi connectivity index (χ0v) is 19.9. The lowest BCUT2D eigenvalue weighted by molar-refractivity contribution is -0.131. The maximum Gasteiger partial charge on any atom is 0.255 e. The van der Waals surface area contributed by atoms with Gasteiger partial charge >= 0.3 is 0 Å². The molecule has 0 saturated carbocycles. The van der Waals surface area contributed by atoms with Crippen LogP contribution >= 0.6 is 0 Å². The Kier molecular flexibility index (Phi) is 5.70. The molecule has 0 fully saturated rings. The summed E-state index contributed by atoms with van der Waals surface area (Å²) in [4.78, 5) is 30.4. The van der Waals surface area contributed by atoms with Crippen LogP contribution in [0.1, 0.15) is 41.4 Å². The Hall–Kier alpha value is -3.86. The largest absolute Gasteiger partial charge is 0.343 e. The Morgan fingerprint density at radius 2 is 1.53 bits per heavy atom. The van der Waals surface area contributed by atoms with Crippen LogP contribution in [0.25, 0.3) is 22.2 Å². The van der Waals surface area contributed by atoms with Crippen LogP contribution in [-0.4, -0.2) is 45.8 Å². The number of fused-ring (bicyclic) bond motifs is 2. The standard InChI is InChI=1S/C29H29N3O2/c1-4-31(5-2)25(33)19-32-28(21-15-9-10-16-22(21)29(32)34)26-23-17-11-12-18-24(23)30(3)27(26)20-13-7-6-8-14-20/h6-18,28H,4-5,19H2,1-3H3/t28-/m1/s1. The normalized spacial score (nSPS) is 15.1. The lowest BCUT2D eigenvalue weighted by Gasteiger charge is -2.29. The summed E-state index contributed by atoms with van der Waals surface area (Å²) in [5.74, 6) is -0.120. The second-order valence-corrected chi connectivity index (χ2v) is 8.69. The molecule has 0 N–H and O–H groups in total. The molecule has 1 aliphatic rings. The van der Waals surface area contributed by atoms with Crippen molar-refractivity contribution in [1.29, 1.82) is 0 Å². The molecule has 0 radical (unpaired) electrons. The third kappa shape index (κ3) is 3.39. The number of aromatic nitrogens is 1. The smallest absolute Gasteiger partial charge is 0.255 e. The van der Waals surface area contributed by atoms with Gasteiger partial charge in [-0.05, 0) is 37.1 Å². The summed E-state index contributed by atoms with van der Waals surface area (Å²) in [5.41, 5.74) is 5.94. The van der Waals surface area contributed by atoms with Gasteiger partial charge in [-0.15, -0.1) is 0 Å². The molecule has 1 aliphatic heterocycles. The molecule has 2 amide bonds. The van der Waals surface area contributed by atoms with Crippen molar-refractivity contribution in [3.8, 4) is 11.3 Å². The minimum Gasteiger partial charge on any atom is -0.343 e. The monoisotopic (exact) mass is 451 g/mol. The van der Waals surface area contributed by atoms with Crippen molar-refractivity contribution in [1.82, 2.24) is 14.4 Å². The number of hydrogen-bond acceptors (Lipinski definition) is 2. The highest BCUT2D eigenvalue weighted by atomic mass is 16.2. The van der Waals surface area contributed by atoms with Crippen LogP contribution in [0.2, 0.25) is 0 Å². The molecule has 5 heteroatoms. The predicted octanol–water partition coefficient (Wildman–Crippen LogP) is 5.26. The maximum atomic E-state index is 13.7. The molecular formula is C29H29N3O2. The molecule has 0 bridgehead atoms. The fourth-order valence-corrected chi connectivity index (χ4v) is 5.31. The van der Waals surface area contributed by atoms with Crippen LogP contribution in [0.15, 0.2) is 78.9 Å². The van der Waals surface area contributed by atoms with E-state index < -0.39 is 0 Å². The van der Waals surface area contributed by atoms with E-state index in [0.717, 1.165) is 33.3 Å². The third-order valence-electron chi connectivity index (χ3n) is 6.95. The number of rotatable bonds is 6. The molecule has 5 rings (SSSR count). The Bertz CT molecular complexity index is 1370. The van der Waals surface area contributed by atoms with E-state index in [2.05, 4.69) is 35.9 Å². The second kappa shape index (κ2) is 8.82. The molecule has 1 atom stereocenters. The van der Waals surface area contributed by atoms with Gasteiger partial charge in [0, 0.05) is 42.2 Å². The molecule has 0 saturated heterocycles. The number of benzene rings is 3. The van der Waals surface area contributed by atoms with Gasteiger partial charge in [-0.3, -0.25) is 9.59 Å². The first kappa shape index (κ1) is 22.0. The average Bonchev–Trinajstić information content (AvgIpc) is 3.31. The molecule has 34 heavy (non-hydrogen) atoms. The summed E-state index contributed by atoms with van der Waals surface area (Å²) in [6.07, 6.45) is 0. The first-order valence-corrected chi connectivity index (χ1v) is 11.9. The first-order valence-electron chi connectivity index (χ1n) is 11.9. The summed E-state index contributed by atoms with van der Waals surface area (Å²) < 4.78 is 2.20. The van der Waals surface area contributed by atoms with Crippen LogP contribution in [0.5, 0.6) is 0 Å². The minimum absolute atomic E-state index is 0.0300. The lowest BCUT2D eigenvalue weighted by Crippen LogP contribution is -2.42. The van der Waals surface area contributed by atoms with Crippen molar-refractivity contribution >= 4 is 22.7 Å². The van der Waals surface area contributed by atoms with Gasteiger partial charge in [-0.2, -0.15) is 0 Å². The van der Waals surface area contributed by atoms with Gasteiger partial charge in [0.15, 0.2) is 0 Å². The molecule has 0 aliphatic carbocycles. The van der Waals surface area contributed by atoms with E-state index in [1.165, 1.54) is 0 Å². The van der Waals surface area contributed by atoms with Crippen molar-refractivity contribution < 1.29 is 9.59 Å². The summed E-state index contributed by atoms with van der Waals surface area (Å²) in [7, 11) is 2.07. The molecule has 0 unspecified atom stereocenters. The van der Waals surface area contributed by atoms with Gasteiger partial charge in [0.25, 0.3) is 5.91 Å². The highest BCUT2D eigenvalue weighted by Crippen LogP contribution is 2.46. The highest BCUT2D eigenvalue weighted by Gasteiger charge is 2.41. The van der Waals surface area contributed by atoms with Crippen molar-refractivity contribution in [2.45, 2.75) is 19.9 Å². The van der Waals surface area contributed by atoms with Gasteiger partial charge in [-0.1, -0.05) is 66.7 Å². The third-order valence-corrected chi connectivity index (χ3v) is 6.95. The van der Waals surface area contributed by atoms with E-state index in [4.69, 9.17) is 0 Å². The van der Waals surface area contributed by atoms with Crippen molar-refractivity contribution in [2.24, 2.45) is 7.05 Å². The van der Waals surface area contributed by atoms with Crippen LogP contribution in [0.4, 0.5) is 0 Å². The molecule has 172 valence electrons. The van der Waals surface area contributed by atoms with Gasteiger partial charge in [0.05, 0.1) is 11.7 Å². The van der Waals surface area contributed by atoms with Crippen LogP contribution in [0, 0.1) is 0 Å². The molecule has 2 heterocycles. The van der Waals surface area contributed by atoms with E-state index >= 15 is 0 Å². The summed E-state index contributed by atoms with van der Waals surface area (Å²) in [6, 6.07) is 26.0. The van der Waals surface area contributed by atoms with Crippen LogP contribution in [0.3, 0.4) is 0 Å². The molecular weight excluding hydrogens is 422 g/mol. The number of carbonyl (C=O) groups excluding carboxylic acids is 2. The maximum absolute atomic E-state index is 13.7. The quantitative estimate of drug-likeness (QED) is 0.401. The zero-order valence-electron chi connectivity index (χ0n) is 19.9. The predicted molar refractivity (Wildman–Crippen MR) is 136 cm³/mol. The number of likely N-dealkylation sites (N-methyl/N-ethyl adjacent to an activating group) is 1. The molecule has 1 aromatic heterocycles. The van der Waals surface area contributed by atoms with E-state index in [1.54, 1.807) is 9.80 Å². The van der Waals surface area contributed by atoms with Crippen LogP contribution in [-0.2, 0) is 11.8 Å². The highest BCUT2D eigenvalue weighted by molar-refractivity contribution is 6.03. The minimum atomic E-state index is -0.343. The van der Waals surface area contributed by atoms with Gasteiger partial charge < -0.3 is 14.4 Å². The van der Waals surface area contributed by atoms with E-state index in [1.807, 2.05) is 68.4 Å². The number of carbonyl (C=O) groups is 2. The molecule has 0 spiro atoms. The summed E-state index contributed by atoms with van der Waals surface area (Å²) in [6.45, 7) is 5.24. The van der Waals surface area contributed by atoms with Gasteiger partial charge in [0.2, 0.25) is 5.91 Å². The second-order valence-electron chi connectivity index (χ2n) is 8.69. The van der Waals surface area contributed by atoms with Crippen LogP contribution < -0.4 is 0 Å². The fraction of sp³-hybridized carbons (Fsp3) is 0.241. The number of para-hydroxylation sites is 1. The SMILES string of the molecule is CCN(CC)C(=O)CN1C(=O)c2ccccc2[C@@H]1c1c(-c2ccccc2)n(C)c2ccccc12. The van der Waals surface area contributed by atoms with E-state index in [-0.39, 0.29) is 24.4 Å². The fourth-order valence-electron chi connectivity index (χ4n) is 5.31. The molecule has 5 nitrogen and oxygen atoms in total. The topological polar surface area (TPSA) is 45.6 Å². The lowest BCUT2D eigenvalue weighted by atomic mass is 9.93. The Labute approximate surface area is 200 Å². The summed E-state index contributed by atoms with van der Waals surface area (Å²) in [5, 5.41) is 1.10. The molecule has 4 aromatic rings. The van der Waals surface area contributed by atoms with Gasteiger partial charge in [-0.25, -0.2) is 0 Å². The van der Waals surface area contributed by atoms with Crippen molar-refractivity contribution in [3.63, 3.8) is 0 Å². The number of nitrogens with zero attached hydrogens (tertiary/aromatic N) is 3. The first-order chi connectivity index (χ1) is 16.6. The van der Waals surface area contributed by atoms with E-state index in [9.17, 15) is 9.59 Å². The Morgan fingerprint density at radius 1 is 0.882 bits per heavy atom. The Balaban J connectivity index is 1.76. The Morgan fingerprint density at radius 3 is 2.26 bits per heavy atom. The number of hydrogen-bond donors (Lipinski definition) is 0. The number of aryl methyl sites for hydroxylation is 1. The molecule has 3 aromatic carbocycles. The number of amides is 2.